The molecule has 2 atom stereocenters. The monoisotopic (exact) mass is 383 g/mol. The van der Waals surface area contributed by atoms with Gasteiger partial charge in [0, 0.05) is 38.8 Å². The number of rotatable bonds is 5. The average Bonchev–Trinajstić information content (AvgIpc) is 3.18. The van der Waals surface area contributed by atoms with Gasteiger partial charge in [0.25, 0.3) is 5.91 Å². The lowest BCUT2D eigenvalue weighted by Gasteiger charge is -2.19. The van der Waals surface area contributed by atoms with Gasteiger partial charge in [0.15, 0.2) is 0 Å². The van der Waals surface area contributed by atoms with E-state index in [9.17, 15) is 18.3 Å². The molecule has 0 saturated carbocycles. The molecule has 0 unspecified atom stereocenters. The molecule has 0 bridgehead atoms. The molecule has 2 aliphatic rings. The number of pyridine rings is 1. The van der Waals surface area contributed by atoms with Crippen LogP contribution in [0.15, 0.2) is 6.07 Å². The molecule has 1 aliphatic carbocycles. The lowest BCUT2D eigenvalue weighted by molar-refractivity contribution is 0.0760. The van der Waals surface area contributed by atoms with Crippen molar-refractivity contribution in [2.75, 3.05) is 40.0 Å². The Morgan fingerprint density at radius 3 is 2.77 bits per heavy atom. The Morgan fingerprint density at radius 1 is 1.38 bits per heavy atom. The molecule has 144 valence electrons. The van der Waals surface area contributed by atoms with Crippen LogP contribution in [-0.4, -0.2) is 79.8 Å². The summed E-state index contributed by atoms with van der Waals surface area (Å²) in [7, 11) is 0.945. The number of amides is 1. The minimum absolute atomic E-state index is 0.104. The average molecular weight is 383 g/mol. The quantitative estimate of drug-likeness (QED) is 0.762. The zero-order chi connectivity index (χ0) is 19.1. The van der Waals surface area contributed by atoms with Crippen molar-refractivity contribution in [3.05, 3.63) is 22.9 Å². The molecule has 1 aromatic rings. The third kappa shape index (κ3) is 3.56. The van der Waals surface area contributed by atoms with Crippen LogP contribution < -0.4 is 4.74 Å². The summed E-state index contributed by atoms with van der Waals surface area (Å²) in [5.41, 5.74) is 2.40. The second-order valence-corrected chi connectivity index (χ2v) is 9.33. The predicted molar refractivity (Wildman–Crippen MR) is 95.7 cm³/mol. The summed E-state index contributed by atoms with van der Waals surface area (Å²) in [6, 6.07) is 1.83. The number of aromatic nitrogens is 1. The molecule has 26 heavy (non-hydrogen) atoms. The zero-order valence-corrected chi connectivity index (χ0v) is 16.1. The molecule has 8 nitrogen and oxygen atoms in total. The number of sulfonamides is 1. The summed E-state index contributed by atoms with van der Waals surface area (Å²) in [6.07, 6.45) is 1.91. The Hall–Kier alpha value is -1.71. The van der Waals surface area contributed by atoms with E-state index in [0.29, 0.717) is 5.56 Å². The maximum atomic E-state index is 13.0. The summed E-state index contributed by atoms with van der Waals surface area (Å²) < 4.78 is 30.6. The lowest BCUT2D eigenvalue weighted by Crippen LogP contribution is -2.33. The summed E-state index contributed by atoms with van der Waals surface area (Å²) in [4.78, 5) is 18.9. The molecule has 3 rings (SSSR count). The number of aryl methyl sites for hydroxylation is 2. The van der Waals surface area contributed by atoms with Crippen LogP contribution in [0.3, 0.4) is 0 Å². The summed E-state index contributed by atoms with van der Waals surface area (Å²) in [5.74, 6) is -0.702. The largest absolute Gasteiger partial charge is 0.480 e. The highest BCUT2D eigenvalue weighted by atomic mass is 32.2. The summed E-state index contributed by atoms with van der Waals surface area (Å²) in [6.45, 7) is 0.292. The molecule has 1 N–H and O–H groups in total. The van der Waals surface area contributed by atoms with E-state index in [1.165, 1.54) is 26.1 Å². The Bertz CT molecular complexity index is 809. The zero-order valence-electron chi connectivity index (χ0n) is 15.3. The summed E-state index contributed by atoms with van der Waals surface area (Å²) >= 11 is 0. The Balaban J connectivity index is 1.79. The third-order valence-corrected chi connectivity index (χ3v) is 7.08. The van der Waals surface area contributed by atoms with E-state index in [-0.39, 0.29) is 30.6 Å². The van der Waals surface area contributed by atoms with Crippen molar-refractivity contribution in [3.8, 4) is 5.88 Å². The van der Waals surface area contributed by atoms with Gasteiger partial charge in [0.1, 0.15) is 5.56 Å². The van der Waals surface area contributed by atoms with E-state index in [4.69, 9.17) is 4.74 Å². The molecule has 0 spiro atoms. The number of nitrogens with zero attached hydrogens (tertiary/aromatic N) is 3. The molecule has 1 aliphatic heterocycles. The Kier molecular flexibility index (Phi) is 5.23. The van der Waals surface area contributed by atoms with Crippen LogP contribution in [0.25, 0.3) is 0 Å². The van der Waals surface area contributed by atoms with E-state index >= 15 is 0 Å². The van der Waals surface area contributed by atoms with Gasteiger partial charge in [-0.3, -0.25) is 4.79 Å². The molecule has 1 amide bonds. The van der Waals surface area contributed by atoms with E-state index in [1.807, 2.05) is 6.07 Å². The van der Waals surface area contributed by atoms with E-state index < -0.39 is 22.0 Å². The molecule has 0 radical (unpaired) electrons. The van der Waals surface area contributed by atoms with Gasteiger partial charge in [-0.15, -0.1) is 0 Å². The standard InChI is InChI=1S/C17H25N3O5S/c1-19(2)26(23,24)10-12-8-20(9-15(12)21)17(22)13-7-11-5-4-6-14(11)18-16(13)25-3/h7,12,15,21H,4-6,8-10H2,1-3H3/t12-,15-/m0/s1. The van der Waals surface area contributed by atoms with Crippen molar-refractivity contribution in [2.24, 2.45) is 5.92 Å². The van der Waals surface area contributed by atoms with Crippen molar-refractivity contribution < 1.29 is 23.1 Å². The predicted octanol–water partition coefficient (Wildman–Crippen LogP) is -0.0968. The van der Waals surface area contributed by atoms with Gasteiger partial charge in [-0.25, -0.2) is 17.7 Å². The first-order valence-electron chi connectivity index (χ1n) is 8.67. The molecule has 0 aromatic carbocycles. The first-order valence-corrected chi connectivity index (χ1v) is 10.3. The minimum atomic E-state index is -3.45. The smallest absolute Gasteiger partial charge is 0.259 e. The number of aliphatic hydroxyl groups excluding tert-OH is 1. The topological polar surface area (TPSA) is 100 Å². The van der Waals surface area contributed by atoms with Crippen molar-refractivity contribution in [3.63, 3.8) is 0 Å². The van der Waals surface area contributed by atoms with Crippen LogP contribution in [0, 0.1) is 5.92 Å². The number of ether oxygens (including phenoxy) is 1. The normalized spacial score (nSPS) is 22.7. The molecular weight excluding hydrogens is 358 g/mol. The highest BCUT2D eigenvalue weighted by Gasteiger charge is 2.38. The van der Waals surface area contributed by atoms with Crippen LogP contribution in [0.2, 0.25) is 0 Å². The van der Waals surface area contributed by atoms with Crippen LogP contribution in [0.4, 0.5) is 0 Å². The fourth-order valence-electron chi connectivity index (χ4n) is 3.54. The van der Waals surface area contributed by atoms with Gasteiger partial charge in [-0.05, 0) is 30.9 Å². The number of β-amino-alcohol motifs (C(OH)–C–C–N with tert-alkyl or cyclic N) is 1. The SMILES string of the molecule is COc1nc2c(cc1C(=O)N1C[C@@H](CS(=O)(=O)N(C)C)[C@@H](O)C1)CCC2. The molecule has 1 saturated heterocycles. The maximum Gasteiger partial charge on any atom is 0.259 e. The third-order valence-electron chi connectivity index (χ3n) is 5.11. The fraction of sp³-hybridized carbons (Fsp3) is 0.647. The van der Waals surface area contributed by atoms with Crippen molar-refractivity contribution in [2.45, 2.75) is 25.4 Å². The van der Waals surface area contributed by atoms with Gasteiger partial charge in [-0.2, -0.15) is 0 Å². The van der Waals surface area contributed by atoms with Crippen molar-refractivity contribution in [1.29, 1.82) is 0 Å². The number of hydrogen-bond donors (Lipinski definition) is 1. The second-order valence-electron chi connectivity index (χ2n) is 7.10. The van der Waals surface area contributed by atoms with E-state index in [2.05, 4.69) is 4.98 Å². The van der Waals surface area contributed by atoms with Gasteiger partial charge in [0.05, 0.1) is 19.0 Å². The maximum absolute atomic E-state index is 13.0. The van der Waals surface area contributed by atoms with E-state index in [0.717, 1.165) is 34.8 Å². The minimum Gasteiger partial charge on any atom is -0.480 e. The van der Waals surface area contributed by atoms with E-state index in [1.54, 1.807) is 0 Å². The first-order chi connectivity index (χ1) is 12.2. The number of aliphatic hydroxyl groups is 1. The Labute approximate surface area is 153 Å². The van der Waals surface area contributed by atoms with Gasteiger partial charge in [-0.1, -0.05) is 0 Å². The molecule has 1 fully saturated rings. The van der Waals surface area contributed by atoms with Crippen LogP contribution in [-0.2, 0) is 22.9 Å². The van der Waals surface area contributed by atoms with Gasteiger partial charge < -0.3 is 14.7 Å². The lowest BCUT2D eigenvalue weighted by atomic mass is 10.1. The summed E-state index contributed by atoms with van der Waals surface area (Å²) in [5, 5.41) is 10.3. The Morgan fingerprint density at radius 2 is 2.12 bits per heavy atom. The number of likely N-dealkylation sites (tertiary alicyclic amines) is 1. The molecule has 9 heteroatoms. The number of fused-ring (bicyclic) bond motifs is 1. The first kappa shape index (κ1) is 19.1. The molecular formula is C17H25N3O5S. The number of hydrogen-bond acceptors (Lipinski definition) is 6. The fourth-order valence-corrected chi connectivity index (χ4v) is 4.70. The van der Waals surface area contributed by atoms with Crippen LogP contribution in [0.5, 0.6) is 5.88 Å². The number of carbonyl (C=O) groups excluding carboxylic acids is 1. The van der Waals surface area contributed by atoms with Crippen molar-refractivity contribution >= 4 is 15.9 Å². The van der Waals surface area contributed by atoms with Crippen LogP contribution in [0.1, 0.15) is 28.0 Å². The highest BCUT2D eigenvalue weighted by molar-refractivity contribution is 7.89. The van der Waals surface area contributed by atoms with Gasteiger partial charge in [0.2, 0.25) is 15.9 Å². The van der Waals surface area contributed by atoms with Gasteiger partial charge >= 0.3 is 0 Å². The van der Waals surface area contributed by atoms with Crippen LogP contribution >= 0.6 is 0 Å². The van der Waals surface area contributed by atoms with Crippen molar-refractivity contribution in [1.82, 2.24) is 14.2 Å². The number of methoxy groups -OCH3 is 1. The second kappa shape index (κ2) is 7.13. The highest BCUT2D eigenvalue weighted by Crippen LogP contribution is 2.29. The number of carbonyl (C=O) groups is 1. The molecule has 1 aromatic heterocycles. The molecule has 2 heterocycles.